The minimum atomic E-state index is -3.89. The van der Waals surface area contributed by atoms with E-state index in [1.165, 1.54) is 15.8 Å². The maximum Gasteiger partial charge on any atom is 0.287 e. The van der Waals surface area contributed by atoms with E-state index in [1.807, 2.05) is 18.2 Å². The number of fused-ring (bicyclic) bond motifs is 4. The Morgan fingerprint density at radius 3 is 2.73 bits per heavy atom. The molecule has 11 nitrogen and oxygen atoms in total. The number of ether oxygens (including phenoxy) is 3. The molecule has 2 bridgehead atoms. The number of hydrogen-bond acceptors (Lipinski definition) is 8. The smallest absolute Gasteiger partial charge is 0.287 e. The zero-order chi connectivity index (χ0) is 36.1. The van der Waals surface area contributed by atoms with Crippen LogP contribution in [0.15, 0.2) is 64.0 Å². The molecule has 4 aliphatic rings. The van der Waals surface area contributed by atoms with Crippen molar-refractivity contribution in [2.75, 3.05) is 38.3 Å². The molecule has 5 atom stereocenters. The quantitative estimate of drug-likeness (QED) is 0.327. The standard InChI is InChI=1S/C38H46ClN5O6S/c1-24-30(21-43(4)40-24)35(45)41-51(47)28-12-15-34-32(19-28)44(22-38(23-49-34)16-6-8-25-18-27(39)11-14-31(25)38)20-26-10-13-29(26)33(48-5)9-7-17-50-37(2,3)36(46)42-51/h7,9,11-12,14-15,18-19,21,26,29,33H,6,8,10,13,16-17,20,22-23H2,1-5H3,(H,41,42,45,46,47)/b9-7-/t26-,29+,33-,38-,51?/m0/s1. The SMILES string of the molecule is CO[C@H]1/C=C\COC(C)(C)C(=O)N=S(=O)(NC(=O)c2cn(C)nc2C)c2ccc3c(c2)N(C[C@@H]2CC[C@H]21)C[C@@]1(CCCc2cc(Cl)ccc21)CO3. The first-order valence-corrected chi connectivity index (χ1v) is 19.5. The number of carbonyl (C=O) groups excluding carboxylic acids is 2. The number of carbonyl (C=O) groups is 2. The van der Waals surface area contributed by atoms with Gasteiger partial charge in [-0.1, -0.05) is 29.8 Å². The molecule has 0 radical (unpaired) electrons. The van der Waals surface area contributed by atoms with Gasteiger partial charge in [-0.25, -0.2) is 4.21 Å². The second-order valence-corrected chi connectivity index (χ2v) is 17.2. The van der Waals surface area contributed by atoms with Crippen molar-refractivity contribution >= 4 is 39.0 Å². The molecule has 1 aromatic heterocycles. The maximum absolute atomic E-state index is 15.1. The highest BCUT2D eigenvalue weighted by Crippen LogP contribution is 2.47. The van der Waals surface area contributed by atoms with E-state index in [-0.39, 0.29) is 34.5 Å². The van der Waals surface area contributed by atoms with Gasteiger partial charge in [-0.2, -0.15) is 5.10 Å². The molecule has 3 heterocycles. The van der Waals surface area contributed by atoms with Crippen LogP contribution in [0.1, 0.15) is 66.7 Å². The highest BCUT2D eigenvalue weighted by atomic mass is 35.5. The van der Waals surface area contributed by atoms with Crippen molar-refractivity contribution in [3.63, 3.8) is 0 Å². The molecule has 13 heteroatoms. The van der Waals surface area contributed by atoms with Gasteiger partial charge in [-0.3, -0.25) is 19.0 Å². The van der Waals surface area contributed by atoms with Crippen molar-refractivity contribution in [3.05, 3.63) is 82.2 Å². The van der Waals surface area contributed by atoms with E-state index >= 15 is 4.21 Å². The fourth-order valence-electron chi connectivity index (χ4n) is 8.07. The number of rotatable bonds is 3. The molecule has 3 aromatic rings. The van der Waals surface area contributed by atoms with Crippen LogP contribution in [-0.4, -0.2) is 70.9 Å². The summed E-state index contributed by atoms with van der Waals surface area (Å²) in [6, 6.07) is 11.4. The van der Waals surface area contributed by atoms with E-state index < -0.39 is 27.3 Å². The van der Waals surface area contributed by atoms with Crippen LogP contribution in [0, 0.1) is 18.8 Å². The van der Waals surface area contributed by atoms with Crippen molar-refractivity contribution in [3.8, 4) is 5.75 Å². The van der Waals surface area contributed by atoms with E-state index in [9.17, 15) is 9.59 Å². The summed E-state index contributed by atoms with van der Waals surface area (Å²) >= 11 is 6.47. The van der Waals surface area contributed by atoms with Crippen LogP contribution >= 0.6 is 11.6 Å². The topological polar surface area (TPSA) is 124 Å². The van der Waals surface area contributed by atoms with Crippen molar-refractivity contribution < 1.29 is 28.0 Å². The number of methoxy groups -OCH3 is 1. The van der Waals surface area contributed by atoms with Gasteiger partial charge in [0.15, 0.2) is 9.92 Å². The predicted molar refractivity (Wildman–Crippen MR) is 196 cm³/mol. The number of nitrogens with one attached hydrogen (secondary N) is 1. The molecule has 1 fully saturated rings. The Hall–Kier alpha value is -3.71. The van der Waals surface area contributed by atoms with Gasteiger partial charge in [0.2, 0.25) is 0 Å². The lowest BCUT2D eigenvalue weighted by molar-refractivity contribution is -0.137. The van der Waals surface area contributed by atoms with Gasteiger partial charge in [0.25, 0.3) is 11.8 Å². The summed E-state index contributed by atoms with van der Waals surface area (Å²) < 4.78 is 42.2. The molecule has 2 amide bonds. The van der Waals surface area contributed by atoms with E-state index in [0.717, 1.165) is 42.8 Å². The van der Waals surface area contributed by atoms with Crippen LogP contribution in [0.2, 0.25) is 5.02 Å². The van der Waals surface area contributed by atoms with Crippen LogP contribution in [0.5, 0.6) is 5.75 Å². The molecule has 1 saturated carbocycles. The van der Waals surface area contributed by atoms with Crippen molar-refractivity contribution in [2.24, 2.45) is 23.2 Å². The lowest BCUT2D eigenvalue weighted by Crippen LogP contribution is -2.49. The Morgan fingerprint density at radius 2 is 2.00 bits per heavy atom. The van der Waals surface area contributed by atoms with Crippen molar-refractivity contribution in [2.45, 2.75) is 74.9 Å². The van der Waals surface area contributed by atoms with Gasteiger partial charge in [0, 0.05) is 43.9 Å². The third-order valence-electron chi connectivity index (χ3n) is 11.0. The monoisotopic (exact) mass is 735 g/mol. The summed E-state index contributed by atoms with van der Waals surface area (Å²) in [6.07, 6.45) is 10.3. The zero-order valence-corrected chi connectivity index (χ0v) is 31.4. The van der Waals surface area contributed by atoms with Gasteiger partial charge in [0.05, 0.1) is 41.2 Å². The first-order valence-electron chi connectivity index (χ1n) is 17.6. The molecular formula is C38H46ClN5O6S. The first kappa shape index (κ1) is 35.7. The number of halogens is 1. The van der Waals surface area contributed by atoms with Crippen LogP contribution in [-0.2, 0) is 43.1 Å². The molecule has 51 heavy (non-hydrogen) atoms. The number of hydrogen-bond donors (Lipinski definition) is 1. The van der Waals surface area contributed by atoms with Gasteiger partial charge in [-0.15, -0.1) is 4.36 Å². The largest absolute Gasteiger partial charge is 0.490 e. The average Bonchev–Trinajstić information content (AvgIpc) is 3.34. The number of nitrogens with zero attached hydrogens (tertiary/aromatic N) is 4. The highest BCUT2D eigenvalue weighted by molar-refractivity contribution is 7.92. The lowest BCUT2D eigenvalue weighted by atomic mass is 9.68. The summed E-state index contributed by atoms with van der Waals surface area (Å²) in [6.45, 7) is 6.82. The van der Waals surface area contributed by atoms with Gasteiger partial charge in [-0.05, 0) is 106 Å². The fraction of sp³-hybridized carbons (Fsp3) is 0.500. The van der Waals surface area contributed by atoms with Gasteiger partial charge < -0.3 is 19.1 Å². The molecule has 2 aromatic carbocycles. The van der Waals surface area contributed by atoms with Gasteiger partial charge >= 0.3 is 0 Å². The van der Waals surface area contributed by atoms with E-state index in [1.54, 1.807) is 59.3 Å². The second kappa shape index (κ2) is 13.7. The molecule has 272 valence electrons. The first-order chi connectivity index (χ1) is 24.3. The van der Waals surface area contributed by atoms with E-state index in [0.29, 0.717) is 37.1 Å². The Labute approximate surface area is 305 Å². The summed E-state index contributed by atoms with van der Waals surface area (Å²) in [5.41, 5.74) is 2.16. The normalized spacial score (nSPS) is 29.4. The fourth-order valence-corrected chi connectivity index (χ4v) is 9.87. The van der Waals surface area contributed by atoms with Crippen molar-refractivity contribution in [1.82, 2.24) is 14.5 Å². The van der Waals surface area contributed by atoms with Crippen LogP contribution < -0.4 is 14.4 Å². The molecule has 2 aliphatic carbocycles. The maximum atomic E-state index is 15.1. The predicted octanol–water partition coefficient (Wildman–Crippen LogP) is 5.96. The number of aryl methyl sites for hydroxylation is 3. The zero-order valence-electron chi connectivity index (χ0n) is 29.8. The lowest BCUT2D eigenvalue weighted by Gasteiger charge is -2.46. The summed E-state index contributed by atoms with van der Waals surface area (Å²) in [7, 11) is -0.460. The number of amides is 2. The average molecular weight is 736 g/mol. The third-order valence-corrected chi connectivity index (χ3v) is 13.0. The third kappa shape index (κ3) is 6.83. The molecule has 0 saturated heterocycles. The summed E-state index contributed by atoms with van der Waals surface area (Å²) in [5.74, 6) is -0.186. The highest BCUT2D eigenvalue weighted by Gasteiger charge is 2.45. The number of anilines is 1. The molecular weight excluding hydrogens is 690 g/mol. The Kier molecular flexibility index (Phi) is 9.58. The van der Waals surface area contributed by atoms with Crippen molar-refractivity contribution in [1.29, 1.82) is 0 Å². The Morgan fingerprint density at radius 1 is 1.18 bits per heavy atom. The van der Waals surface area contributed by atoms with E-state index in [4.69, 9.17) is 25.8 Å². The summed E-state index contributed by atoms with van der Waals surface area (Å²) in [5, 5.41) is 4.99. The molecule has 7 rings (SSSR count). The van der Waals surface area contributed by atoms with Crippen LogP contribution in [0.25, 0.3) is 0 Å². The Bertz CT molecular complexity index is 2020. The van der Waals surface area contributed by atoms with Crippen LogP contribution in [0.4, 0.5) is 5.69 Å². The minimum absolute atomic E-state index is 0.117. The number of aromatic nitrogens is 2. The van der Waals surface area contributed by atoms with Crippen LogP contribution in [0.3, 0.4) is 0 Å². The molecule has 1 spiro atoms. The van der Waals surface area contributed by atoms with Gasteiger partial charge in [0.1, 0.15) is 11.4 Å². The molecule has 2 aliphatic heterocycles. The van der Waals surface area contributed by atoms with E-state index in [2.05, 4.69) is 31.2 Å². The minimum Gasteiger partial charge on any atom is -0.490 e. The molecule has 1 N–H and O–H groups in total. The second-order valence-electron chi connectivity index (χ2n) is 14.8. The Balaban J connectivity index is 1.38. The summed E-state index contributed by atoms with van der Waals surface area (Å²) in [4.78, 5) is 30.1. The number of benzene rings is 2. The molecule has 1 unspecified atom stereocenters.